The van der Waals surface area contributed by atoms with Crippen LogP contribution in [0.15, 0.2) is 48.5 Å². The average molecular weight is 330 g/mol. The minimum Gasteiger partial charge on any atom is -0.497 e. The van der Waals surface area contributed by atoms with Gasteiger partial charge < -0.3 is 15.4 Å². The van der Waals surface area contributed by atoms with Gasteiger partial charge in [0.1, 0.15) is 11.6 Å². The molecule has 5 nitrogen and oxygen atoms in total. The maximum absolute atomic E-state index is 12.8. The summed E-state index contributed by atoms with van der Waals surface area (Å²) in [5, 5.41) is 5.09. The third kappa shape index (κ3) is 5.39. The summed E-state index contributed by atoms with van der Waals surface area (Å²) in [5.41, 5.74) is 1.75. The lowest BCUT2D eigenvalue weighted by Crippen LogP contribution is -2.40. The van der Waals surface area contributed by atoms with Crippen molar-refractivity contribution in [2.24, 2.45) is 0 Å². The first-order valence-corrected chi connectivity index (χ1v) is 7.52. The minimum absolute atomic E-state index is 0.258. The lowest BCUT2D eigenvalue weighted by molar-refractivity contribution is -0.139. The Labute approximate surface area is 139 Å². The van der Waals surface area contributed by atoms with Crippen LogP contribution in [0.3, 0.4) is 0 Å². The zero-order valence-electron chi connectivity index (χ0n) is 13.3. The molecule has 0 atom stereocenters. The Morgan fingerprint density at radius 2 is 1.50 bits per heavy atom. The number of hydrogen-bond acceptors (Lipinski definition) is 3. The Morgan fingerprint density at radius 3 is 2.12 bits per heavy atom. The zero-order valence-corrected chi connectivity index (χ0v) is 13.3. The van der Waals surface area contributed by atoms with E-state index >= 15 is 0 Å². The summed E-state index contributed by atoms with van der Waals surface area (Å²) in [7, 11) is 1.58. The number of carbonyl (C=O) groups is 2. The Morgan fingerprint density at radius 1 is 0.917 bits per heavy atom. The fourth-order valence-electron chi connectivity index (χ4n) is 2.06. The second-order valence-corrected chi connectivity index (χ2v) is 5.16. The summed E-state index contributed by atoms with van der Waals surface area (Å²) in [4.78, 5) is 23.4. The first-order valence-electron chi connectivity index (χ1n) is 7.52. The van der Waals surface area contributed by atoms with E-state index in [4.69, 9.17) is 4.74 Å². The van der Waals surface area contributed by atoms with E-state index in [1.165, 1.54) is 12.1 Å². The second-order valence-electron chi connectivity index (χ2n) is 5.16. The van der Waals surface area contributed by atoms with Gasteiger partial charge in [-0.3, -0.25) is 9.59 Å². The molecule has 0 heterocycles. The molecule has 0 saturated carbocycles. The normalized spacial score (nSPS) is 10.1. The van der Waals surface area contributed by atoms with E-state index in [-0.39, 0.29) is 12.4 Å². The van der Waals surface area contributed by atoms with Gasteiger partial charge in [0, 0.05) is 13.1 Å². The SMILES string of the molecule is COc1ccc(CNC(=O)C(=O)NCCc2ccc(F)cc2)cc1. The third-order valence-electron chi connectivity index (χ3n) is 3.43. The smallest absolute Gasteiger partial charge is 0.309 e. The molecule has 0 aliphatic carbocycles. The van der Waals surface area contributed by atoms with Crippen LogP contribution >= 0.6 is 0 Å². The number of methoxy groups -OCH3 is 1. The third-order valence-corrected chi connectivity index (χ3v) is 3.43. The maximum atomic E-state index is 12.8. The van der Waals surface area contributed by atoms with Crippen LogP contribution in [0.4, 0.5) is 4.39 Å². The standard InChI is InChI=1S/C18H19FN2O3/c1-24-16-8-4-14(5-9-16)12-21-18(23)17(22)20-11-10-13-2-6-15(19)7-3-13/h2-9H,10-12H2,1H3,(H,20,22)(H,21,23). The van der Waals surface area contributed by atoms with Crippen LogP contribution in [0, 0.1) is 5.82 Å². The van der Waals surface area contributed by atoms with Crippen molar-refractivity contribution in [1.82, 2.24) is 10.6 Å². The summed E-state index contributed by atoms with van der Waals surface area (Å²) in [6, 6.07) is 13.2. The molecule has 2 aromatic rings. The molecular weight excluding hydrogens is 311 g/mol. The molecule has 0 saturated heterocycles. The van der Waals surface area contributed by atoms with Gasteiger partial charge in [0.25, 0.3) is 0 Å². The Hall–Kier alpha value is -2.89. The molecule has 0 aromatic heterocycles. The number of amides is 2. The van der Waals surface area contributed by atoms with Gasteiger partial charge in [-0.2, -0.15) is 0 Å². The minimum atomic E-state index is -0.690. The van der Waals surface area contributed by atoms with Gasteiger partial charge in [-0.05, 0) is 41.8 Å². The number of rotatable bonds is 6. The first kappa shape index (κ1) is 17.5. The van der Waals surface area contributed by atoms with Crippen LogP contribution in [0.2, 0.25) is 0 Å². The van der Waals surface area contributed by atoms with E-state index < -0.39 is 11.8 Å². The van der Waals surface area contributed by atoms with Gasteiger partial charge >= 0.3 is 11.8 Å². The zero-order chi connectivity index (χ0) is 17.4. The predicted octanol–water partition coefficient (Wildman–Crippen LogP) is 1.81. The van der Waals surface area contributed by atoms with Crippen molar-refractivity contribution in [2.45, 2.75) is 13.0 Å². The van der Waals surface area contributed by atoms with Crippen molar-refractivity contribution >= 4 is 11.8 Å². The van der Waals surface area contributed by atoms with Crippen LogP contribution in [0.25, 0.3) is 0 Å². The highest BCUT2D eigenvalue weighted by Gasteiger charge is 2.12. The van der Waals surface area contributed by atoms with E-state index in [1.807, 2.05) is 12.1 Å². The van der Waals surface area contributed by atoms with E-state index in [1.54, 1.807) is 31.4 Å². The highest BCUT2D eigenvalue weighted by atomic mass is 19.1. The van der Waals surface area contributed by atoms with Crippen molar-refractivity contribution in [3.05, 3.63) is 65.5 Å². The van der Waals surface area contributed by atoms with E-state index in [9.17, 15) is 14.0 Å². The lowest BCUT2D eigenvalue weighted by Gasteiger charge is -2.07. The van der Waals surface area contributed by atoms with Gasteiger partial charge in [-0.15, -0.1) is 0 Å². The summed E-state index contributed by atoms with van der Waals surface area (Å²) in [5.74, 6) is -0.958. The van der Waals surface area contributed by atoms with Gasteiger partial charge in [-0.1, -0.05) is 24.3 Å². The van der Waals surface area contributed by atoms with Crippen molar-refractivity contribution < 1.29 is 18.7 Å². The lowest BCUT2D eigenvalue weighted by atomic mass is 10.1. The van der Waals surface area contributed by atoms with Crippen LogP contribution < -0.4 is 15.4 Å². The molecule has 2 amide bonds. The largest absolute Gasteiger partial charge is 0.497 e. The van der Waals surface area contributed by atoms with Crippen molar-refractivity contribution in [3.8, 4) is 5.75 Å². The quantitative estimate of drug-likeness (QED) is 0.794. The molecule has 2 aromatic carbocycles. The topological polar surface area (TPSA) is 67.4 Å². The average Bonchev–Trinajstić information content (AvgIpc) is 2.61. The number of halogens is 1. The predicted molar refractivity (Wildman–Crippen MR) is 88.0 cm³/mol. The maximum Gasteiger partial charge on any atom is 0.309 e. The van der Waals surface area contributed by atoms with Gasteiger partial charge in [0.2, 0.25) is 0 Å². The molecule has 0 unspecified atom stereocenters. The fraction of sp³-hybridized carbons (Fsp3) is 0.222. The summed E-state index contributed by atoms with van der Waals surface area (Å²) >= 11 is 0. The molecule has 0 aliphatic rings. The number of benzene rings is 2. The molecule has 2 N–H and O–H groups in total. The molecule has 0 bridgehead atoms. The first-order chi connectivity index (χ1) is 11.6. The molecule has 0 fully saturated rings. The van der Waals surface area contributed by atoms with E-state index in [0.717, 1.165) is 16.9 Å². The molecule has 0 spiro atoms. The Kier molecular flexibility index (Phi) is 6.31. The van der Waals surface area contributed by atoms with Crippen molar-refractivity contribution in [2.75, 3.05) is 13.7 Å². The van der Waals surface area contributed by atoms with Crippen LogP contribution in [-0.4, -0.2) is 25.5 Å². The van der Waals surface area contributed by atoms with Gasteiger partial charge in [0.05, 0.1) is 7.11 Å². The van der Waals surface area contributed by atoms with Crippen molar-refractivity contribution in [3.63, 3.8) is 0 Å². The monoisotopic (exact) mass is 330 g/mol. The highest BCUT2D eigenvalue weighted by Crippen LogP contribution is 2.10. The van der Waals surface area contributed by atoms with Crippen molar-refractivity contribution in [1.29, 1.82) is 0 Å². The Balaban J connectivity index is 1.71. The van der Waals surface area contributed by atoms with E-state index in [2.05, 4.69) is 10.6 Å². The molecule has 0 aliphatic heterocycles. The highest BCUT2D eigenvalue weighted by molar-refractivity contribution is 6.35. The summed E-state index contributed by atoms with van der Waals surface area (Å²) in [6.45, 7) is 0.564. The number of nitrogens with one attached hydrogen (secondary N) is 2. The Bertz CT molecular complexity index is 684. The summed E-state index contributed by atoms with van der Waals surface area (Å²) in [6.07, 6.45) is 0.526. The van der Waals surface area contributed by atoms with E-state index in [0.29, 0.717) is 13.0 Å². The molecule has 6 heteroatoms. The summed E-state index contributed by atoms with van der Waals surface area (Å²) < 4.78 is 17.8. The molecule has 126 valence electrons. The molecule has 24 heavy (non-hydrogen) atoms. The number of carbonyl (C=O) groups excluding carboxylic acids is 2. The van der Waals surface area contributed by atoms with Crippen LogP contribution in [0.5, 0.6) is 5.75 Å². The number of hydrogen-bond donors (Lipinski definition) is 2. The second kappa shape index (κ2) is 8.67. The molecular formula is C18H19FN2O3. The fourth-order valence-corrected chi connectivity index (χ4v) is 2.06. The van der Waals surface area contributed by atoms with Crippen LogP contribution in [0.1, 0.15) is 11.1 Å². The molecule has 2 rings (SSSR count). The van der Waals surface area contributed by atoms with Gasteiger partial charge in [-0.25, -0.2) is 4.39 Å². The van der Waals surface area contributed by atoms with Gasteiger partial charge in [0.15, 0.2) is 0 Å². The number of ether oxygens (including phenoxy) is 1. The molecule has 0 radical (unpaired) electrons. The van der Waals surface area contributed by atoms with Crippen LogP contribution in [-0.2, 0) is 22.6 Å².